The molecule has 104 valence electrons. The first kappa shape index (κ1) is 14.3. The smallest absolute Gasteiger partial charge is 0.242 e. The van der Waals surface area contributed by atoms with Crippen LogP contribution in [0.2, 0.25) is 5.02 Å². The SMILES string of the molecule is CC(N)CCNS(=O)(=O)c1c[nH]c2nccc(Cl)c12. The molecule has 0 aliphatic rings. The summed E-state index contributed by atoms with van der Waals surface area (Å²) in [5, 5.41) is 0.747. The van der Waals surface area contributed by atoms with E-state index in [2.05, 4.69) is 14.7 Å². The van der Waals surface area contributed by atoms with Crippen molar-refractivity contribution in [3.05, 3.63) is 23.5 Å². The van der Waals surface area contributed by atoms with Gasteiger partial charge in [-0.05, 0) is 19.4 Å². The molecule has 4 N–H and O–H groups in total. The van der Waals surface area contributed by atoms with Crippen LogP contribution in [0.25, 0.3) is 11.0 Å². The van der Waals surface area contributed by atoms with Crippen molar-refractivity contribution < 1.29 is 8.42 Å². The largest absolute Gasteiger partial charge is 0.345 e. The summed E-state index contributed by atoms with van der Waals surface area (Å²) in [4.78, 5) is 6.93. The lowest BCUT2D eigenvalue weighted by Gasteiger charge is -2.07. The van der Waals surface area contributed by atoms with Gasteiger partial charge in [0, 0.05) is 25.0 Å². The Hall–Kier alpha value is -1.15. The summed E-state index contributed by atoms with van der Waals surface area (Å²) in [7, 11) is -3.62. The quantitative estimate of drug-likeness (QED) is 0.773. The van der Waals surface area contributed by atoms with E-state index in [0.29, 0.717) is 22.5 Å². The third-order valence-electron chi connectivity index (χ3n) is 2.67. The van der Waals surface area contributed by atoms with Crippen LogP contribution in [0.4, 0.5) is 0 Å². The van der Waals surface area contributed by atoms with Crippen molar-refractivity contribution >= 4 is 32.7 Å². The molecule has 19 heavy (non-hydrogen) atoms. The zero-order valence-corrected chi connectivity index (χ0v) is 11.9. The van der Waals surface area contributed by atoms with Gasteiger partial charge in [-0.3, -0.25) is 0 Å². The highest BCUT2D eigenvalue weighted by atomic mass is 35.5. The molecule has 0 spiro atoms. The van der Waals surface area contributed by atoms with E-state index in [4.69, 9.17) is 17.3 Å². The molecular formula is C11H15ClN4O2S. The van der Waals surface area contributed by atoms with Gasteiger partial charge in [0.25, 0.3) is 0 Å². The molecular weight excluding hydrogens is 288 g/mol. The predicted octanol–water partition coefficient (Wildman–Crippen LogP) is 1.23. The molecule has 0 fully saturated rings. The van der Waals surface area contributed by atoms with Crippen LogP contribution in [0, 0.1) is 0 Å². The van der Waals surface area contributed by atoms with Crippen LogP contribution in [0.5, 0.6) is 0 Å². The Morgan fingerprint density at radius 2 is 2.32 bits per heavy atom. The molecule has 1 atom stereocenters. The van der Waals surface area contributed by atoms with E-state index in [1.165, 1.54) is 12.4 Å². The summed E-state index contributed by atoms with van der Waals surface area (Å²) in [5.41, 5.74) is 6.03. The molecule has 0 radical (unpaired) electrons. The molecule has 2 rings (SSSR count). The van der Waals surface area contributed by atoms with E-state index in [-0.39, 0.29) is 17.5 Å². The number of H-pyrrole nitrogens is 1. The lowest BCUT2D eigenvalue weighted by Crippen LogP contribution is -2.29. The summed E-state index contributed by atoms with van der Waals surface area (Å²) in [6, 6.07) is 1.49. The van der Waals surface area contributed by atoms with Crippen LogP contribution in [0.3, 0.4) is 0 Å². The number of hydrogen-bond donors (Lipinski definition) is 3. The summed E-state index contributed by atoms with van der Waals surface area (Å²) in [5.74, 6) is 0. The first-order valence-electron chi connectivity index (χ1n) is 5.78. The molecule has 0 saturated carbocycles. The number of halogens is 1. The lowest BCUT2D eigenvalue weighted by molar-refractivity contribution is 0.572. The second kappa shape index (κ2) is 5.46. The number of rotatable bonds is 5. The first-order valence-corrected chi connectivity index (χ1v) is 7.65. The van der Waals surface area contributed by atoms with Crippen LogP contribution in [0.1, 0.15) is 13.3 Å². The van der Waals surface area contributed by atoms with Gasteiger partial charge in [-0.25, -0.2) is 18.1 Å². The molecule has 2 aromatic heterocycles. The predicted molar refractivity (Wildman–Crippen MR) is 74.6 cm³/mol. The first-order chi connectivity index (χ1) is 8.92. The Balaban J connectivity index is 2.33. The highest BCUT2D eigenvalue weighted by molar-refractivity contribution is 7.89. The zero-order valence-electron chi connectivity index (χ0n) is 10.4. The van der Waals surface area contributed by atoms with Crippen molar-refractivity contribution in [3.8, 4) is 0 Å². The molecule has 0 bridgehead atoms. The van der Waals surface area contributed by atoms with Crippen molar-refractivity contribution in [3.63, 3.8) is 0 Å². The Kier molecular flexibility index (Phi) is 4.10. The lowest BCUT2D eigenvalue weighted by atomic mass is 10.3. The van der Waals surface area contributed by atoms with Crippen molar-refractivity contribution in [2.75, 3.05) is 6.54 Å². The number of nitrogens with two attached hydrogens (primary N) is 1. The Labute approximate surface area is 116 Å². The minimum Gasteiger partial charge on any atom is -0.345 e. The fraction of sp³-hybridized carbons (Fsp3) is 0.364. The Bertz CT molecular complexity index is 681. The summed E-state index contributed by atoms with van der Waals surface area (Å²) < 4.78 is 26.9. The van der Waals surface area contributed by atoms with Crippen molar-refractivity contribution in [2.45, 2.75) is 24.3 Å². The number of hydrogen-bond acceptors (Lipinski definition) is 4. The number of fused-ring (bicyclic) bond motifs is 1. The van der Waals surface area contributed by atoms with E-state index >= 15 is 0 Å². The van der Waals surface area contributed by atoms with E-state index in [1.54, 1.807) is 6.07 Å². The molecule has 2 heterocycles. The number of sulfonamides is 1. The highest BCUT2D eigenvalue weighted by Gasteiger charge is 2.20. The zero-order chi connectivity index (χ0) is 14.0. The molecule has 0 amide bonds. The third-order valence-corrected chi connectivity index (χ3v) is 4.47. The minimum absolute atomic E-state index is 0.0593. The van der Waals surface area contributed by atoms with Gasteiger partial charge in [-0.2, -0.15) is 0 Å². The number of aromatic nitrogens is 2. The molecule has 2 aromatic rings. The van der Waals surface area contributed by atoms with Crippen LogP contribution >= 0.6 is 11.6 Å². The molecule has 1 unspecified atom stereocenters. The van der Waals surface area contributed by atoms with Gasteiger partial charge in [0.2, 0.25) is 10.0 Å². The van der Waals surface area contributed by atoms with E-state index in [0.717, 1.165) is 0 Å². The van der Waals surface area contributed by atoms with E-state index in [9.17, 15) is 8.42 Å². The van der Waals surface area contributed by atoms with Crippen LogP contribution < -0.4 is 10.5 Å². The summed E-state index contributed by atoms with van der Waals surface area (Å²) in [6.07, 6.45) is 3.46. The molecule has 6 nitrogen and oxygen atoms in total. The average molecular weight is 303 g/mol. The van der Waals surface area contributed by atoms with Gasteiger partial charge in [-0.1, -0.05) is 11.6 Å². The molecule has 0 aliphatic carbocycles. The van der Waals surface area contributed by atoms with Gasteiger partial charge in [0.15, 0.2) is 0 Å². The molecule has 0 aromatic carbocycles. The second-order valence-electron chi connectivity index (χ2n) is 4.33. The number of pyridine rings is 1. The highest BCUT2D eigenvalue weighted by Crippen LogP contribution is 2.27. The minimum atomic E-state index is -3.62. The van der Waals surface area contributed by atoms with Gasteiger partial charge in [0.05, 0.1) is 10.4 Å². The average Bonchev–Trinajstić information content (AvgIpc) is 2.74. The number of nitrogens with one attached hydrogen (secondary N) is 2. The molecule has 0 saturated heterocycles. The van der Waals surface area contributed by atoms with Crippen molar-refractivity contribution in [1.82, 2.24) is 14.7 Å². The normalized spacial score (nSPS) is 13.8. The fourth-order valence-electron chi connectivity index (χ4n) is 1.70. The standard InChI is InChI=1S/C11H15ClN4O2S/c1-7(13)2-5-16-19(17,18)9-6-15-11-10(9)8(12)3-4-14-11/h3-4,6-7,16H,2,5,13H2,1H3,(H,14,15). The van der Waals surface area contributed by atoms with Crippen molar-refractivity contribution in [1.29, 1.82) is 0 Å². The number of nitrogens with zero attached hydrogens (tertiary/aromatic N) is 1. The van der Waals surface area contributed by atoms with Gasteiger partial charge < -0.3 is 10.7 Å². The maximum Gasteiger partial charge on any atom is 0.242 e. The van der Waals surface area contributed by atoms with Crippen molar-refractivity contribution in [2.24, 2.45) is 5.73 Å². The van der Waals surface area contributed by atoms with Crippen LogP contribution in [0.15, 0.2) is 23.4 Å². The topological polar surface area (TPSA) is 101 Å². The van der Waals surface area contributed by atoms with Gasteiger partial charge >= 0.3 is 0 Å². The van der Waals surface area contributed by atoms with Crippen LogP contribution in [-0.2, 0) is 10.0 Å². The maximum atomic E-state index is 12.2. The summed E-state index contributed by atoms with van der Waals surface area (Å²) in [6.45, 7) is 2.10. The Morgan fingerprint density at radius 3 is 3.00 bits per heavy atom. The monoisotopic (exact) mass is 302 g/mol. The molecule has 8 heteroatoms. The van der Waals surface area contributed by atoms with Gasteiger partial charge in [0.1, 0.15) is 10.5 Å². The second-order valence-corrected chi connectivity index (χ2v) is 6.48. The number of aromatic amines is 1. The maximum absolute atomic E-state index is 12.2. The summed E-state index contributed by atoms with van der Waals surface area (Å²) >= 11 is 6.02. The van der Waals surface area contributed by atoms with Gasteiger partial charge in [-0.15, -0.1) is 0 Å². The Morgan fingerprint density at radius 1 is 1.58 bits per heavy atom. The van der Waals surface area contributed by atoms with E-state index < -0.39 is 10.0 Å². The molecule has 0 aliphatic heterocycles. The van der Waals surface area contributed by atoms with E-state index in [1.807, 2.05) is 6.92 Å². The van der Waals surface area contributed by atoms with Crippen LogP contribution in [-0.4, -0.2) is 31.0 Å². The fourth-order valence-corrected chi connectivity index (χ4v) is 3.23. The third kappa shape index (κ3) is 3.06.